The second-order valence-electron chi connectivity index (χ2n) is 10.6. The third kappa shape index (κ3) is 7.80. The average Bonchev–Trinajstić information content (AvgIpc) is 3.00. The van der Waals surface area contributed by atoms with Gasteiger partial charge >= 0.3 is 0 Å². The summed E-state index contributed by atoms with van der Waals surface area (Å²) in [6.07, 6.45) is 2.93. The number of benzene rings is 3. The second kappa shape index (κ2) is 14.2. The van der Waals surface area contributed by atoms with Crippen LogP contribution < -0.4 is 10.6 Å². The van der Waals surface area contributed by atoms with E-state index in [2.05, 4.69) is 10.6 Å². The summed E-state index contributed by atoms with van der Waals surface area (Å²) in [5.41, 5.74) is 0.559. The summed E-state index contributed by atoms with van der Waals surface area (Å²) in [7, 11) is 0. The van der Waals surface area contributed by atoms with Crippen LogP contribution in [0.25, 0.3) is 0 Å². The Labute approximate surface area is 238 Å². The quantitative estimate of drug-likeness (QED) is 0.216. The molecule has 3 rings (SSSR count). The van der Waals surface area contributed by atoms with Gasteiger partial charge in [0, 0.05) is 11.1 Å². The van der Waals surface area contributed by atoms with Gasteiger partial charge in [-0.05, 0) is 67.9 Å². The van der Waals surface area contributed by atoms with E-state index in [1.165, 1.54) is 0 Å². The summed E-state index contributed by atoms with van der Waals surface area (Å²) in [5.74, 6) is -0.703. The SMILES string of the molecule is CCC(O)(CC)[C@H](Cc1ccccc1)NC(=O)c1cccc(C(=O)N[C@@H](Cc2ccccc2)C(O)(CC)CC)c1. The maximum Gasteiger partial charge on any atom is 0.251 e. The smallest absolute Gasteiger partial charge is 0.251 e. The molecule has 0 saturated heterocycles. The Bertz CT molecular complexity index is 1130. The van der Waals surface area contributed by atoms with Crippen LogP contribution in [0, 0.1) is 0 Å². The third-order valence-electron chi connectivity index (χ3n) is 8.31. The van der Waals surface area contributed by atoms with E-state index in [9.17, 15) is 19.8 Å². The van der Waals surface area contributed by atoms with Crippen LogP contribution in [0.3, 0.4) is 0 Å². The zero-order chi connectivity index (χ0) is 29.2. The van der Waals surface area contributed by atoms with Gasteiger partial charge in [0.1, 0.15) is 0 Å². The molecule has 0 heterocycles. The van der Waals surface area contributed by atoms with Crippen molar-refractivity contribution in [3.63, 3.8) is 0 Å². The van der Waals surface area contributed by atoms with Crippen LogP contribution in [-0.2, 0) is 12.8 Å². The maximum absolute atomic E-state index is 13.4. The molecule has 0 fully saturated rings. The third-order valence-corrected chi connectivity index (χ3v) is 8.31. The molecule has 40 heavy (non-hydrogen) atoms. The largest absolute Gasteiger partial charge is 0.388 e. The molecule has 0 unspecified atom stereocenters. The molecule has 0 radical (unpaired) electrons. The van der Waals surface area contributed by atoms with Gasteiger partial charge in [0.25, 0.3) is 11.8 Å². The summed E-state index contributed by atoms with van der Waals surface area (Å²) >= 11 is 0. The normalized spacial score (nSPS) is 13.3. The Morgan fingerprint density at radius 2 is 0.950 bits per heavy atom. The predicted octanol–water partition coefficient (Wildman–Crippen LogP) is 5.47. The standard InChI is InChI=1S/C34H44N2O4/c1-5-33(39,6-2)29(22-25-16-11-9-12-17-25)35-31(37)27-20-15-21-28(24-27)32(38)36-30(34(40,7-3)8-4)23-26-18-13-10-14-19-26/h9-21,24,29-30,39-40H,5-8,22-23H2,1-4H3,(H,35,37)(H,36,38)/t29-,30-/m0/s1. The first-order valence-electron chi connectivity index (χ1n) is 14.4. The van der Waals surface area contributed by atoms with E-state index in [4.69, 9.17) is 0 Å². The lowest BCUT2D eigenvalue weighted by atomic mass is 9.84. The molecular weight excluding hydrogens is 500 g/mol. The number of hydrogen-bond acceptors (Lipinski definition) is 4. The molecular formula is C34H44N2O4. The molecule has 0 saturated carbocycles. The monoisotopic (exact) mass is 544 g/mol. The van der Waals surface area contributed by atoms with E-state index in [1.807, 2.05) is 88.4 Å². The Morgan fingerprint density at radius 1 is 0.600 bits per heavy atom. The van der Waals surface area contributed by atoms with Gasteiger partial charge in [0.15, 0.2) is 0 Å². The van der Waals surface area contributed by atoms with Crippen molar-refractivity contribution in [1.82, 2.24) is 10.6 Å². The van der Waals surface area contributed by atoms with Gasteiger partial charge in [-0.3, -0.25) is 9.59 Å². The van der Waals surface area contributed by atoms with Crippen molar-refractivity contribution < 1.29 is 19.8 Å². The number of carbonyl (C=O) groups excluding carboxylic acids is 2. The van der Waals surface area contributed by atoms with Crippen LogP contribution in [-0.4, -0.2) is 45.3 Å². The van der Waals surface area contributed by atoms with Crippen molar-refractivity contribution in [3.05, 3.63) is 107 Å². The summed E-state index contributed by atoms with van der Waals surface area (Å²) in [6, 6.07) is 25.1. The molecule has 0 spiro atoms. The number of nitrogens with one attached hydrogen (secondary N) is 2. The van der Waals surface area contributed by atoms with Crippen LogP contribution in [0.4, 0.5) is 0 Å². The highest BCUT2D eigenvalue weighted by atomic mass is 16.3. The Kier molecular flexibility index (Phi) is 11.1. The molecule has 214 valence electrons. The molecule has 0 aliphatic rings. The number of carbonyl (C=O) groups is 2. The summed E-state index contributed by atoms with van der Waals surface area (Å²) in [5, 5.41) is 28.7. The second-order valence-corrected chi connectivity index (χ2v) is 10.6. The van der Waals surface area contributed by atoms with Crippen molar-refractivity contribution >= 4 is 11.8 Å². The van der Waals surface area contributed by atoms with Crippen LogP contribution in [0.15, 0.2) is 84.9 Å². The molecule has 2 amide bonds. The number of amides is 2. The first-order valence-corrected chi connectivity index (χ1v) is 14.4. The molecule has 0 bridgehead atoms. The highest BCUT2D eigenvalue weighted by Crippen LogP contribution is 2.25. The Hall–Kier alpha value is -3.48. The van der Waals surface area contributed by atoms with Crippen molar-refractivity contribution in [2.45, 2.75) is 89.5 Å². The van der Waals surface area contributed by atoms with Crippen molar-refractivity contribution in [2.75, 3.05) is 0 Å². The Balaban J connectivity index is 1.82. The topological polar surface area (TPSA) is 98.7 Å². The van der Waals surface area contributed by atoms with Crippen molar-refractivity contribution in [2.24, 2.45) is 0 Å². The molecule has 0 aromatic heterocycles. The first kappa shape index (κ1) is 31.1. The van der Waals surface area contributed by atoms with Gasteiger partial charge in [-0.2, -0.15) is 0 Å². The van der Waals surface area contributed by atoms with Crippen LogP contribution in [0.2, 0.25) is 0 Å². The van der Waals surface area contributed by atoms with Gasteiger partial charge in [-0.15, -0.1) is 0 Å². The Morgan fingerprint density at radius 3 is 1.27 bits per heavy atom. The lowest BCUT2D eigenvalue weighted by Crippen LogP contribution is -2.53. The molecule has 3 aromatic rings. The van der Waals surface area contributed by atoms with Gasteiger partial charge in [0.05, 0.1) is 23.3 Å². The number of rotatable bonds is 14. The fourth-order valence-corrected chi connectivity index (χ4v) is 5.22. The minimum Gasteiger partial charge on any atom is -0.388 e. The molecule has 2 atom stereocenters. The molecule has 4 N–H and O–H groups in total. The average molecular weight is 545 g/mol. The van der Waals surface area contributed by atoms with Crippen LogP contribution in [0.5, 0.6) is 0 Å². The molecule has 3 aromatic carbocycles. The van der Waals surface area contributed by atoms with Gasteiger partial charge in [-0.25, -0.2) is 0 Å². The number of hydrogen-bond donors (Lipinski definition) is 4. The molecule has 6 nitrogen and oxygen atoms in total. The minimum absolute atomic E-state index is 0.334. The zero-order valence-corrected chi connectivity index (χ0v) is 24.2. The first-order chi connectivity index (χ1) is 19.2. The van der Waals surface area contributed by atoms with Gasteiger partial charge in [-0.1, -0.05) is 94.4 Å². The van der Waals surface area contributed by atoms with Crippen molar-refractivity contribution in [1.29, 1.82) is 0 Å². The maximum atomic E-state index is 13.4. The highest BCUT2D eigenvalue weighted by molar-refractivity contribution is 6.00. The predicted molar refractivity (Wildman–Crippen MR) is 160 cm³/mol. The van der Waals surface area contributed by atoms with E-state index in [0.717, 1.165) is 11.1 Å². The van der Waals surface area contributed by atoms with Crippen LogP contribution in [0.1, 0.15) is 85.2 Å². The van der Waals surface area contributed by atoms with Gasteiger partial charge < -0.3 is 20.8 Å². The van der Waals surface area contributed by atoms with E-state index in [1.54, 1.807) is 24.3 Å². The zero-order valence-electron chi connectivity index (χ0n) is 24.2. The lowest BCUT2D eigenvalue weighted by Gasteiger charge is -2.36. The summed E-state index contributed by atoms with van der Waals surface area (Å²) < 4.78 is 0. The van der Waals surface area contributed by atoms with E-state index in [-0.39, 0.29) is 11.8 Å². The van der Waals surface area contributed by atoms with Crippen LogP contribution >= 0.6 is 0 Å². The molecule has 6 heteroatoms. The fraction of sp³-hybridized carbons (Fsp3) is 0.412. The van der Waals surface area contributed by atoms with E-state index in [0.29, 0.717) is 49.7 Å². The fourth-order valence-electron chi connectivity index (χ4n) is 5.22. The summed E-state index contributed by atoms with van der Waals surface area (Å²) in [4.78, 5) is 26.8. The molecule has 0 aliphatic heterocycles. The molecule has 0 aliphatic carbocycles. The van der Waals surface area contributed by atoms with E-state index >= 15 is 0 Å². The lowest BCUT2D eigenvalue weighted by molar-refractivity contribution is -0.00495. The van der Waals surface area contributed by atoms with E-state index < -0.39 is 23.3 Å². The number of aliphatic hydroxyl groups is 2. The van der Waals surface area contributed by atoms with Gasteiger partial charge in [0.2, 0.25) is 0 Å². The highest BCUT2D eigenvalue weighted by Gasteiger charge is 2.36. The minimum atomic E-state index is -1.07. The van der Waals surface area contributed by atoms with Crippen molar-refractivity contribution in [3.8, 4) is 0 Å². The summed E-state index contributed by atoms with van der Waals surface area (Å²) in [6.45, 7) is 7.66.